The Labute approximate surface area is 171 Å². The van der Waals surface area contributed by atoms with Gasteiger partial charge >= 0.3 is 0 Å². The molecular formula is C22H26N4OS. The molecule has 3 aromatic rings. The molecule has 0 bridgehead atoms. The number of hydrogen-bond acceptors (Lipinski definition) is 6. The summed E-state index contributed by atoms with van der Waals surface area (Å²) in [5.41, 5.74) is 3.09. The van der Waals surface area contributed by atoms with Crippen LogP contribution in [0, 0.1) is 5.92 Å². The molecule has 3 heterocycles. The van der Waals surface area contributed by atoms with Gasteiger partial charge in [-0.25, -0.2) is 15.0 Å². The van der Waals surface area contributed by atoms with Crippen molar-refractivity contribution < 1.29 is 4.74 Å². The van der Waals surface area contributed by atoms with Crippen molar-refractivity contribution in [3.8, 4) is 17.0 Å². The van der Waals surface area contributed by atoms with E-state index in [1.165, 1.54) is 0 Å². The minimum Gasteiger partial charge on any atom is -0.481 e. The standard InChI is InChI=1S/C22H26N4OS/c1-16(7-11-21-25-14-19(28-3)15-26-21)6-9-18-10-8-17(13-24-18)20-5-4-12-23-22(20)27-2/h4-5,8,10,12-16H,6-7,9,11H2,1-3H3. The molecule has 146 valence electrons. The van der Waals surface area contributed by atoms with E-state index in [0.29, 0.717) is 11.8 Å². The first-order chi connectivity index (χ1) is 13.7. The molecule has 0 fully saturated rings. The van der Waals surface area contributed by atoms with Crippen LogP contribution >= 0.6 is 11.8 Å². The lowest BCUT2D eigenvalue weighted by Crippen LogP contribution is -2.03. The molecule has 0 aromatic carbocycles. The number of pyridine rings is 2. The topological polar surface area (TPSA) is 60.8 Å². The molecule has 0 amide bonds. The molecule has 0 aliphatic carbocycles. The molecule has 0 aliphatic heterocycles. The largest absolute Gasteiger partial charge is 0.481 e. The van der Waals surface area contributed by atoms with Crippen molar-refractivity contribution >= 4 is 11.8 Å². The summed E-state index contributed by atoms with van der Waals surface area (Å²) < 4.78 is 5.33. The quantitative estimate of drug-likeness (QED) is 0.483. The Morgan fingerprint density at radius 2 is 1.75 bits per heavy atom. The van der Waals surface area contributed by atoms with Gasteiger partial charge in [-0.3, -0.25) is 4.98 Å². The zero-order chi connectivity index (χ0) is 19.8. The van der Waals surface area contributed by atoms with Crippen LogP contribution in [0.4, 0.5) is 0 Å². The number of hydrogen-bond donors (Lipinski definition) is 0. The van der Waals surface area contributed by atoms with E-state index in [2.05, 4.69) is 39.0 Å². The van der Waals surface area contributed by atoms with Gasteiger partial charge in [0.2, 0.25) is 5.88 Å². The molecular weight excluding hydrogens is 368 g/mol. The third-order valence-electron chi connectivity index (χ3n) is 4.77. The zero-order valence-corrected chi connectivity index (χ0v) is 17.4. The Morgan fingerprint density at radius 1 is 0.964 bits per heavy atom. The maximum Gasteiger partial charge on any atom is 0.221 e. The third-order valence-corrected chi connectivity index (χ3v) is 5.45. The van der Waals surface area contributed by atoms with Crippen molar-refractivity contribution in [1.82, 2.24) is 19.9 Å². The van der Waals surface area contributed by atoms with Crippen LogP contribution < -0.4 is 4.74 Å². The highest BCUT2D eigenvalue weighted by Crippen LogP contribution is 2.27. The first kappa shape index (κ1) is 20.3. The van der Waals surface area contributed by atoms with Crippen LogP contribution in [0.2, 0.25) is 0 Å². The summed E-state index contributed by atoms with van der Waals surface area (Å²) in [5, 5.41) is 0. The van der Waals surface area contributed by atoms with Crippen molar-refractivity contribution in [2.45, 2.75) is 37.5 Å². The van der Waals surface area contributed by atoms with E-state index in [1.54, 1.807) is 25.1 Å². The summed E-state index contributed by atoms with van der Waals surface area (Å²) in [5.74, 6) is 2.15. The molecule has 1 unspecified atom stereocenters. The van der Waals surface area contributed by atoms with Crippen LogP contribution in [0.15, 0.2) is 53.9 Å². The molecule has 1 atom stereocenters. The number of aryl methyl sites for hydroxylation is 2. The summed E-state index contributed by atoms with van der Waals surface area (Å²) in [6.45, 7) is 2.28. The molecule has 3 rings (SSSR count). The summed E-state index contributed by atoms with van der Waals surface area (Å²) in [7, 11) is 1.64. The highest BCUT2D eigenvalue weighted by atomic mass is 32.2. The normalized spacial score (nSPS) is 12.0. The van der Waals surface area contributed by atoms with E-state index >= 15 is 0 Å². The van der Waals surface area contributed by atoms with Gasteiger partial charge in [0, 0.05) is 52.9 Å². The predicted molar refractivity (Wildman–Crippen MR) is 114 cm³/mol. The van der Waals surface area contributed by atoms with Crippen molar-refractivity contribution in [3.05, 3.63) is 60.6 Å². The second-order valence-corrected chi connectivity index (χ2v) is 7.70. The van der Waals surface area contributed by atoms with Gasteiger partial charge in [-0.05, 0) is 49.6 Å². The minimum absolute atomic E-state index is 0.601. The predicted octanol–water partition coefficient (Wildman–Crippen LogP) is 4.87. The van der Waals surface area contributed by atoms with Gasteiger partial charge in [-0.15, -0.1) is 11.8 Å². The smallest absolute Gasteiger partial charge is 0.221 e. The SMILES string of the molecule is COc1ncccc1-c1ccc(CCC(C)CCc2ncc(SC)cn2)nc1. The average molecular weight is 395 g/mol. The number of methoxy groups -OCH3 is 1. The molecule has 0 radical (unpaired) electrons. The van der Waals surface area contributed by atoms with E-state index < -0.39 is 0 Å². The lowest BCUT2D eigenvalue weighted by Gasteiger charge is -2.11. The second kappa shape index (κ2) is 10.2. The van der Waals surface area contributed by atoms with Crippen LogP contribution in [0.1, 0.15) is 31.3 Å². The van der Waals surface area contributed by atoms with E-state index in [4.69, 9.17) is 4.74 Å². The molecule has 0 saturated carbocycles. The maximum absolute atomic E-state index is 5.33. The average Bonchev–Trinajstić information content (AvgIpc) is 2.77. The van der Waals surface area contributed by atoms with Crippen LogP contribution in [-0.2, 0) is 12.8 Å². The van der Waals surface area contributed by atoms with Gasteiger partial charge in [-0.1, -0.05) is 13.0 Å². The van der Waals surface area contributed by atoms with Crippen LogP contribution in [0.5, 0.6) is 5.88 Å². The van der Waals surface area contributed by atoms with Gasteiger partial charge in [0.15, 0.2) is 0 Å². The van der Waals surface area contributed by atoms with Gasteiger partial charge in [-0.2, -0.15) is 0 Å². The molecule has 28 heavy (non-hydrogen) atoms. The highest BCUT2D eigenvalue weighted by molar-refractivity contribution is 7.98. The molecule has 0 N–H and O–H groups in total. The molecule has 0 aliphatic rings. The van der Waals surface area contributed by atoms with Crippen molar-refractivity contribution in [2.75, 3.05) is 13.4 Å². The summed E-state index contributed by atoms with van der Waals surface area (Å²) in [6, 6.07) is 8.09. The lowest BCUT2D eigenvalue weighted by molar-refractivity contribution is 0.399. The molecule has 6 heteroatoms. The van der Waals surface area contributed by atoms with Crippen molar-refractivity contribution in [3.63, 3.8) is 0 Å². The number of aromatic nitrogens is 4. The van der Waals surface area contributed by atoms with Gasteiger partial charge in [0.05, 0.1) is 7.11 Å². The third kappa shape index (κ3) is 5.52. The van der Waals surface area contributed by atoms with Gasteiger partial charge in [0.1, 0.15) is 5.82 Å². The fourth-order valence-corrected chi connectivity index (χ4v) is 3.31. The Kier molecular flexibility index (Phi) is 7.37. The minimum atomic E-state index is 0.601. The van der Waals surface area contributed by atoms with Crippen LogP contribution in [-0.4, -0.2) is 33.3 Å². The van der Waals surface area contributed by atoms with Gasteiger partial charge in [0.25, 0.3) is 0 Å². The maximum atomic E-state index is 5.33. The lowest BCUT2D eigenvalue weighted by atomic mass is 9.98. The number of rotatable bonds is 9. The molecule has 0 spiro atoms. The van der Waals surface area contributed by atoms with Crippen molar-refractivity contribution in [1.29, 1.82) is 0 Å². The van der Waals surface area contributed by atoms with Crippen LogP contribution in [0.25, 0.3) is 11.1 Å². The Bertz CT molecular complexity index is 868. The van der Waals surface area contributed by atoms with E-state index in [9.17, 15) is 0 Å². The number of ether oxygens (including phenoxy) is 1. The fraction of sp³-hybridized carbons (Fsp3) is 0.364. The zero-order valence-electron chi connectivity index (χ0n) is 16.6. The van der Waals surface area contributed by atoms with Gasteiger partial charge < -0.3 is 4.74 Å². The first-order valence-electron chi connectivity index (χ1n) is 9.48. The summed E-state index contributed by atoms with van der Waals surface area (Å²) >= 11 is 1.67. The fourth-order valence-electron chi connectivity index (χ4n) is 3.00. The monoisotopic (exact) mass is 394 g/mol. The number of thioether (sulfide) groups is 1. The molecule has 3 aromatic heterocycles. The van der Waals surface area contributed by atoms with E-state index in [1.807, 2.05) is 37.0 Å². The van der Waals surface area contributed by atoms with Crippen LogP contribution in [0.3, 0.4) is 0 Å². The Balaban J connectivity index is 1.50. The van der Waals surface area contributed by atoms with E-state index in [0.717, 1.165) is 53.2 Å². The summed E-state index contributed by atoms with van der Waals surface area (Å²) in [4.78, 5) is 18.9. The van der Waals surface area contributed by atoms with Crippen molar-refractivity contribution in [2.24, 2.45) is 5.92 Å². The second-order valence-electron chi connectivity index (χ2n) is 6.82. The molecule has 0 saturated heterocycles. The summed E-state index contributed by atoms with van der Waals surface area (Å²) in [6.07, 6.45) is 13.6. The van der Waals surface area contributed by atoms with E-state index in [-0.39, 0.29) is 0 Å². The first-order valence-corrected chi connectivity index (χ1v) is 10.7. The molecule has 5 nitrogen and oxygen atoms in total. The highest BCUT2D eigenvalue weighted by Gasteiger charge is 2.09. The Morgan fingerprint density at radius 3 is 2.43 bits per heavy atom. The number of nitrogens with zero attached hydrogens (tertiary/aromatic N) is 4. The Hall–Kier alpha value is -2.47.